The molecule has 5 nitrogen and oxygen atoms in total. The van der Waals surface area contributed by atoms with E-state index in [1.54, 1.807) is 7.11 Å². The maximum absolute atomic E-state index is 5.67. The van der Waals surface area contributed by atoms with Crippen molar-refractivity contribution < 1.29 is 9.47 Å². The molecule has 1 heterocycles. The van der Waals surface area contributed by atoms with Crippen molar-refractivity contribution in [1.82, 2.24) is 15.0 Å². The highest BCUT2D eigenvalue weighted by Crippen LogP contribution is 2.22. The van der Waals surface area contributed by atoms with Crippen LogP contribution >= 0.6 is 12.2 Å². The summed E-state index contributed by atoms with van der Waals surface area (Å²) in [4.78, 5) is 11.4. The van der Waals surface area contributed by atoms with Gasteiger partial charge in [-0.05, 0) is 48.6 Å². The van der Waals surface area contributed by atoms with Crippen LogP contribution < -0.4 is 9.47 Å². The number of aromatic amines is 1. The number of H-pyrrole nitrogens is 1. The Kier molecular flexibility index (Phi) is 4.11. The summed E-state index contributed by atoms with van der Waals surface area (Å²) >= 11 is 5.10. The van der Waals surface area contributed by atoms with Crippen LogP contribution in [0.3, 0.4) is 0 Å². The summed E-state index contributed by atoms with van der Waals surface area (Å²) in [6, 6.07) is 17.1. The van der Waals surface area contributed by atoms with E-state index in [0.717, 1.165) is 11.3 Å². The zero-order valence-corrected chi connectivity index (χ0v) is 12.6. The summed E-state index contributed by atoms with van der Waals surface area (Å²) in [6.45, 7) is 0. The van der Waals surface area contributed by atoms with Crippen molar-refractivity contribution in [2.24, 2.45) is 0 Å². The Balaban J connectivity index is 1.93. The van der Waals surface area contributed by atoms with Gasteiger partial charge >= 0.3 is 6.01 Å². The Morgan fingerprint density at radius 1 is 0.909 bits per heavy atom. The zero-order chi connectivity index (χ0) is 15.4. The van der Waals surface area contributed by atoms with E-state index in [0.29, 0.717) is 17.6 Å². The first-order valence-electron chi connectivity index (χ1n) is 6.60. The molecule has 0 fully saturated rings. The molecule has 0 bridgehead atoms. The van der Waals surface area contributed by atoms with E-state index in [1.165, 1.54) is 0 Å². The highest BCUT2D eigenvalue weighted by Gasteiger charge is 2.06. The van der Waals surface area contributed by atoms with Crippen LogP contribution in [-0.4, -0.2) is 22.1 Å². The summed E-state index contributed by atoms with van der Waals surface area (Å²) < 4.78 is 11.0. The number of methoxy groups -OCH3 is 1. The first-order valence-corrected chi connectivity index (χ1v) is 7.01. The molecule has 2 aromatic carbocycles. The van der Waals surface area contributed by atoms with E-state index in [-0.39, 0.29) is 4.77 Å². The predicted molar refractivity (Wildman–Crippen MR) is 85.7 cm³/mol. The van der Waals surface area contributed by atoms with E-state index in [9.17, 15) is 0 Å². The van der Waals surface area contributed by atoms with Crippen LogP contribution in [0, 0.1) is 4.77 Å². The zero-order valence-electron chi connectivity index (χ0n) is 11.8. The van der Waals surface area contributed by atoms with Gasteiger partial charge in [-0.1, -0.05) is 18.2 Å². The van der Waals surface area contributed by atoms with Gasteiger partial charge in [-0.25, -0.2) is 4.98 Å². The first kappa shape index (κ1) is 14.2. The lowest BCUT2D eigenvalue weighted by atomic mass is 10.2. The Morgan fingerprint density at radius 3 is 2.32 bits per heavy atom. The minimum Gasteiger partial charge on any atom is -0.497 e. The topological polar surface area (TPSA) is 60.0 Å². The van der Waals surface area contributed by atoms with Gasteiger partial charge in [0.2, 0.25) is 4.77 Å². The third-order valence-corrected chi connectivity index (χ3v) is 3.13. The number of ether oxygens (including phenoxy) is 2. The average Bonchev–Trinajstić information content (AvgIpc) is 2.55. The van der Waals surface area contributed by atoms with Crippen molar-refractivity contribution in [1.29, 1.82) is 0 Å². The summed E-state index contributed by atoms with van der Waals surface area (Å²) in [5.74, 6) is 2.04. The van der Waals surface area contributed by atoms with Crippen LogP contribution in [0.4, 0.5) is 0 Å². The Labute approximate surface area is 132 Å². The molecule has 0 saturated carbocycles. The van der Waals surface area contributed by atoms with E-state index in [4.69, 9.17) is 21.7 Å². The van der Waals surface area contributed by atoms with Gasteiger partial charge in [-0.15, -0.1) is 0 Å². The molecule has 0 unspecified atom stereocenters. The number of hydrogen-bond acceptors (Lipinski definition) is 5. The van der Waals surface area contributed by atoms with Gasteiger partial charge in [0.05, 0.1) is 7.11 Å². The molecule has 110 valence electrons. The van der Waals surface area contributed by atoms with E-state index in [2.05, 4.69) is 15.0 Å². The molecular formula is C16H13N3O2S. The fraction of sp³-hybridized carbons (Fsp3) is 0.0625. The van der Waals surface area contributed by atoms with Gasteiger partial charge < -0.3 is 9.47 Å². The molecule has 1 N–H and O–H groups in total. The molecule has 1 aromatic heterocycles. The minimum absolute atomic E-state index is 0.218. The SMILES string of the molecule is COc1ccc(-c2nc(=S)nc(Oc3ccccc3)[nH]2)cc1. The quantitative estimate of drug-likeness (QED) is 0.738. The molecule has 0 atom stereocenters. The molecule has 6 heteroatoms. The number of benzene rings is 2. The summed E-state index contributed by atoms with van der Waals surface area (Å²) in [5, 5.41) is 0. The van der Waals surface area contributed by atoms with Crippen molar-refractivity contribution in [3.05, 3.63) is 59.4 Å². The second-order valence-corrected chi connectivity index (χ2v) is 4.79. The van der Waals surface area contributed by atoms with Gasteiger partial charge in [-0.3, -0.25) is 4.98 Å². The third-order valence-electron chi connectivity index (χ3n) is 2.95. The number of nitrogens with one attached hydrogen (secondary N) is 1. The molecule has 0 saturated heterocycles. The monoisotopic (exact) mass is 311 g/mol. The lowest BCUT2D eigenvalue weighted by Gasteiger charge is -2.07. The molecule has 0 radical (unpaired) electrons. The molecule has 0 aliphatic carbocycles. The van der Waals surface area contributed by atoms with E-state index in [1.807, 2.05) is 54.6 Å². The fourth-order valence-corrected chi connectivity index (χ4v) is 2.07. The van der Waals surface area contributed by atoms with Crippen molar-refractivity contribution >= 4 is 12.2 Å². The van der Waals surface area contributed by atoms with Crippen molar-refractivity contribution in [2.45, 2.75) is 0 Å². The van der Waals surface area contributed by atoms with Crippen molar-refractivity contribution in [3.63, 3.8) is 0 Å². The smallest absolute Gasteiger partial charge is 0.303 e. The van der Waals surface area contributed by atoms with Crippen LogP contribution in [0.15, 0.2) is 54.6 Å². The van der Waals surface area contributed by atoms with Gasteiger partial charge in [-0.2, -0.15) is 4.98 Å². The standard InChI is InChI=1S/C16H13N3O2S/c1-20-12-9-7-11(8-10-12)14-17-15(19-16(22)18-14)21-13-5-3-2-4-6-13/h2-10H,1H3,(H,17,18,19,22). The molecule has 22 heavy (non-hydrogen) atoms. The van der Waals surface area contributed by atoms with Crippen LogP contribution in [0.2, 0.25) is 0 Å². The highest BCUT2D eigenvalue weighted by atomic mass is 32.1. The number of aromatic nitrogens is 3. The van der Waals surface area contributed by atoms with E-state index >= 15 is 0 Å². The molecule has 3 rings (SSSR count). The van der Waals surface area contributed by atoms with Gasteiger partial charge in [0, 0.05) is 5.56 Å². The van der Waals surface area contributed by atoms with Gasteiger partial charge in [0.25, 0.3) is 0 Å². The Morgan fingerprint density at radius 2 is 1.64 bits per heavy atom. The van der Waals surface area contributed by atoms with Crippen molar-refractivity contribution in [3.8, 4) is 28.9 Å². The number of rotatable bonds is 4. The van der Waals surface area contributed by atoms with Crippen LogP contribution in [0.25, 0.3) is 11.4 Å². The summed E-state index contributed by atoms with van der Waals surface area (Å²) in [6.07, 6.45) is 0. The fourth-order valence-electron chi connectivity index (χ4n) is 1.90. The van der Waals surface area contributed by atoms with Crippen molar-refractivity contribution in [2.75, 3.05) is 7.11 Å². The average molecular weight is 311 g/mol. The second kappa shape index (κ2) is 6.36. The lowest BCUT2D eigenvalue weighted by molar-refractivity contribution is 0.415. The summed E-state index contributed by atoms with van der Waals surface area (Å²) in [7, 11) is 1.62. The largest absolute Gasteiger partial charge is 0.497 e. The normalized spacial score (nSPS) is 10.2. The Bertz CT molecular complexity index is 817. The molecule has 0 amide bonds. The second-order valence-electron chi connectivity index (χ2n) is 4.43. The molecule has 0 aliphatic rings. The first-order chi connectivity index (χ1) is 10.7. The van der Waals surface area contributed by atoms with E-state index < -0.39 is 0 Å². The molecule has 0 aliphatic heterocycles. The number of nitrogens with zero attached hydrogens (tertiary/aromatic N) is 2. The van der Waals surface area contributed by atoms with Gasteiger partial charge in [0.15, 0.2) is 0 Å². The van der Waals surface area contributed by atoms with Crippen LogP contribution in [0.5, 0.6) is 17.5 Å². The number of para-hydroxylation sites is 1. The third kappa shape index (κ3) is 3.29. The van der Waals surface area contributed by atoms with Crippen LogP contribution in [-0.2, 0) is 0 Å². The summed E-state index contributed by atoms with van der Waals surface area (Å²) in [5.41, 5.74) is 0.868. The highest BCUT2D eigenvalue weighted by molar-refractivity contribution is 7.71. The minimum atomic E-state index is 0.218. The van der Waals surface area contributed by atoms with Gasteiger partial charge in [0.1, 0.15) is 17.3 Å². The predicted octanol–water partition coefficient (Wildman–Crippen LogP) is 4.00. The maximum atomic E-state index is 5.67. The lowest BCUT2D eigenvalue weighted by Crippen LogP contribution is -1.97. The van der Waals surface area contributed by atoms with Crippen LogP contribution in [0.1, 0.15) is 0 Å². The Hall–Kier alpha value is -2.73. The molecule has 0 spiro atoms. The molecule has 3 aromatic rings. The maximum Gasteiger partial charge on any atom is 0.303 e. The number of hydrogen-bond donors (Lipinski definition) is 1. The molecular weight excluding hydrogens is 298 g/mol.